The van der Waals surface area contributed by atoms with Crippen LogP contribution in [0.5, 0.6) is 11.5 Å². The number of nitrogens with zero attached hydrogens (tertiary/aromatic N) is 2. The van der Waals surface area contributed by atoms with Crippen LogP contribution in [0, 0.1) is 0 Å². The molecule has 0 unspecified atom stereocenters. The van der Waals surface area contributed by atoms with Crippen LogP contribution in [0.3, 0.4) is 0 Å². The average molecular weight is 472 g/mol. The fourth-order valence-electron chi connectivity index (χ4n) is 2.79. The molecule has 0 atom stereocenters. The zero-order valence-corrected chi connectivity index (χ0v) is 20.3. The van der Waals surface area contributed by atoms with Gasteiger partial charge in [-0.1, -0.05) is 36.4 Å². The van der Waals surface area contributed by atoms with Gasteiger partial charge in [0.1, 0.15) is 21.6 Å². The number of hydrogen-bond donors (Lipinski definition) is 2. The number of phenolic OH excluding ortho intramolecular Hbond substituents is 2. The van der Waals surface area contributed by atoms with Crippen LogP contribution in [0.2, 0.25) is 0 Å². The van der Waals surface area contributed by atoms with Gasteiger partial charge in [-0.3, -0.25) is 4.99 Å². The number of thiazole rings is 1. The molecule has 4 nitrogen and oxygen atoms in total. The van der Waals surface area contributed by atoms with Crippen LogP contribution < -0.4 is 0 Å². The van der Waals surface area contributed by atoms with Crippen molar-refractivity contribution in [3.05, 3.63) is 78.4 Å². The van der Waals surface area contributed by atoms with Crippen molar-refractivity contribution in [2.75, 3.05) is 12.3 Å². The standard InChI is InChI=1S/C13H9NOS.C9H9NOS.Zn/c15-11-7-3-1-5-9(11)13-14-10-6-2-4-8-12(10)16-13;11-8-4-2-1-3-7(8)9-10-5-6-12-9;/h1-8,15H;1-4,11H,5-6H2;. The molecule has 1 aliphatic heterocycles. The van der Waals surface area contributed by atoms with Crippen molar-refractivity contribution in [3.8, 4) is 22.1 Å². The van der Waals surface area contributed by atoms with Crippen LogP contribution in [0.15, 0.2) is 77.8 Å². The quantitative estimate of drug-likeness (QED) is 0.376. The molecule has 0 saturated heterocycles. The van der Waals surface area contributed by atoms with Crippen LogP contribution in [0.4, 0.5) is 0 Å². The van der Waals surface area contributed by atoms with E-state index in [1.807, 2.05) is 60.7 Å². The Morgan fingerprint density at radius 2 is 1.38 bits per heavy atom. The number of phenols is 2. The molecule has 2 N–H and O–H groups in total. The van der Waals surface area contributed by atoms with Gasteiger partial charge in [-0.05, 0) is 36.4 Å². The third kappa shape index (κ3) is 5.05. The molecule has 0 fully saturated rings. The molecule has 142 valence electrons. The molecule has 0 spiro atoms. The molecule has 0 saturated carbocycles. The fraction of sp³-hybridized carbons (Fsp3) is 0.0909. The smallest absolute Gasteiger partial charge is 0.128 e. The Morgan fingerprint density at radius 1 is 0.759 bits per heavy atom. The van der Waals surface area contributed by atoms with Crippen LogP contribution in [0.25, 0.3) is 20.8 Å². The van der Waals surface area contributed by atoms with E-state index in [4.69, 9.17) is 0 Å². The minimum atomic E-state index is 0. The molecular weight excluding hydrogens is 454 g/mol. The topological polar surface area (TPSA) is 65.7 Å². The van der Waals surface area contributed by atoms with E-state index in [9.17, 15) is 10.2 Å². The minimum Gasteiger partial charge on any atom is -0.507 e. The van der Waals surface area contributed by atoms with Gasteiger partial charge >= 0.3 is 0 Å². The average Bonchev–Trinajstić information content (AvgIpc) is 3.39. The number of aromatic hydroxyl groups is 2. The number of rotatable bonds is 2. The van der Waals surface area contributed by atoms with Gasteiger partial charge in [0.05, 0.1) is 15.8 Å². The predicted molar refractivity (Wildman–Crippen MR) is 119 cm³/mol. The summed E-state index contributed by atoms with van der Waals surface area (Å²) < 4.78 is 1.14. The molecule has 1 aromatic heterocycles. The van der Waals surface area contributed by atoms with Crippen molar-refractivity contribution in [1.82, 2.24) is 4.98 Å². The summed E-state index contributed by atoms with van der Waals surface area (Å²) in [5, 5.41) is 21.1. The Labute approximate surface area is 190 Å². The Hall–Kier alpha value is -2.21. The summed E-state index contributed by atoms with van der Waals surface area (Å²) in [5.41, 5.74) is 2.63. The first kappa shape index (κ1) is 21.5. The zero-order chi connectivity index (χ0) is 19.3. The Bertz CT molecular complexity index is 1110. The van der Waals surface area contributed by atoms with Crippen LogP contribution in [-0.2, 0) is 19.5 Å². The van der Waals surface area contributed by atoms with Gasteiger partial charge in [-0.25, -0.2) is 4.98 Å². The second-order valence-electron chi connectivity index (χ2n) is 6.06. The number of para-hydroxylation sites is 3. The Kier molecular flexibility index (Phi) is 7.42. The number of aliphatic imine (C=N–C) groups is 1. The van der Waals surface area contributed by atoms with Gasteiger partial charge in [-0.15, -0.1) is 23.1 Å². The molecule has 0 bridgehead atoms. The Morgan fingerprint density at radius 3 is 2.00 bits per heavy atom. The number of fused-ring (bicyclic) bond motifs is 1. The zero-order valence-electron chi connectivity index (χ0n) is 15.7. The van der Waals surface area contributed by atoms with Crippen molar-refractivity contribution >= 4 is 38.4 Å². The van der Waals surface area contributed by atoms with Crippen molar-refractivity contribution in [2.24, 2.45) is 4.99 Å². The molecule has 0 amide bonds. The van der Waals surface area contributed by atoms with E-state index in [0.717, 1.165) is 43.7 Å². The summed E-state index contributed by atoms with van der Waals surface area (Å²) in [6.45, 7) is 0.869. The molecule has 4 aromatic rings. The second kappa shape index (κ2) is 10.0. The molecule has 2 heterocycles. The van der Waals surface area contributed by atoms with Gasteiger partial charge < -0.3 is 10.2 Å². The first-order valence-corrected chi connectivity index (χ1v) is 10.6. The van der Waals surface area contributed by atoms with Crippen molar-refractivity contribution < 1.29 is 29.7 Å². The molecule has 29 heavy (non-hydrogen) atoms. The van der Waals surface area contributed by atoms with E-state index in [1.165, 1.54) is 0 Å². The third-order valence-corrected chi connectivity index (χ3v) is 6.23. The first-order chi connectivity index (χ1) is 13.7. The summed E-state index contributed by atoms with van der Waals surface area (Å²) >= 11 is 3.29. The number of benzene rings is 3. The van der Waals surface area contributed by atoms with E-state index < -0.39 is 0 Å². The minimum absolute atomic E-state index is 0. The summed E-state index contributed by atoms with van der Waals surface area (Å²) in [6.07, 6.45) is 0. The summed E-state index contributed by atoms with van der Waals surface area (Å²) in [5.74, 6) is 1.64. The van der Waals surface area contributed by atoms with Crippen LogP contribution in [0.1, 0.15) is 5.56 Å². The molecule has 3 aromatic carbocycles. The van der Waals surface area contributed by atoms with Crippen molar-refractivity contribution in [3.63, 3.8) is 0 Å². The van der Waals surface area contributed by atoms with Crippen LogP contribution >= 0.6 is 23.1 Å². The second-order valence-corrected chi connectivity index (χ2v) is 8.17. The van der Waals surface area contributed by atoms with Gasteiger partial charge in [0.2, 0.25) is 0 Å². The molecule has 7 heteroatoms. The maximum absolute atomic E-state index is 9.76. The van der Waals surface area contributed by atoms with E-state index in [0.29, 0.717) is 5.75 Å². The van der Waals surface area contributed by atoms with Crippen LogP contribution in [-0.4, -0.2) is 32.5 Å². The summed E-state index contributed by atoms with van der Waals surface area (Å²) in [6, 6.07) is 22.6. The van der Waals surface area contributed by atoms with E-state index in [2.05, 4.69) is 9.98 Å². The van der Waals surface area contributed by atoms with E-state index in [1.54, 1.807) is 35.2 Å². The maximum Gasteiger partial charge on any atom is 0.128 e. The number of aromatic nitrogens is 1. The number of hydrogen-bond acceptors (Lipinski definition) is 6. The maximum atomic E-state index is 9.76. The summed E-state index contributed by atoms with van der Waals surface area (Å²) in [7, 11) is 0. The molecule has 5 rings (SSSR count). The fourth-order valence-corrected chi connectivity index (χ4v) is 4.68. The summed E-state index contributed by atoms with van der Waals surface area (Å²) in [4.78, 5) is 8.79. The van der Waals surface area contributed by atoms with E-state index in [-0.39, 0.29) is 25.2 Å². The largest absolute Gasteiger partial charge is 0.507 e. The first-order valence-electron chi connectivity index (χ1n) is 8.82. The monoisotopic (exact) mass is 470 g/mol. The van der Waals surface area contributed by atoms with Crippen molar-refractivity contribution in [2.45, 2.75) is 0 Å². The molecule has 0 aliphatic carbocycles. The van der Waals surface area contributed by atoms with Crippen molar-refractivity contribution in [1.29, 1.82) is 0 Å². The molecule has 0 radical (unpaired) electrons. The molecular formula is C22H18N2O2S2Zn. The van der Waals surface area contributed by atoms with E-state index >= 15 is 0 Å². The van der Waals surface area contributed by atoms with Gasteiger partial charge in [0, 0.05) is 37.3 Å². The normalized spacial score (nSPS) is 12.6. The van der Waals surface area contributed by atoms with Gasteiger partial charge in [0.15, 0.2) is 0 Å². The third-order valence-electron chi connectivity index (χ3n) is 4.15. The predicted octanol–water partition coefficient (Wildman–Crippen LogP) is 5.55. The SMILES string of the molecule is Oc1ccccc1-c1nc2ccccc2s1.Oc1ccccc1C1=NCCS1.[Zn]. The molecule has 1 aliphatic rings. The number of thioether (sulfide) groups is 1. The Balaban J connectivity index is 0.000000167. The van der Waals surface area contributed by atoms with Gasteiger partial charge in [-0.2, -0.15) is 0 Å². The van der Waals surface area contributed by atoms with Gasteiger partial charge in [0.25, 0.3) is 0 Å².